The predicted molar refractivity (Wildman–Crippen MR) is 611 cm³/mol. The highest BCUT2D eigenvalue weighted by Crippen LogP contribution is 2.46. The lowest BCUT2D eigenvalue weighted by atomic mass is 9.99. The molecule has 0 radical (unpaired) electrons. The minimum Gasteiger partial charge on any atom is -0.497 e. The lowest BCUT2D eigenvalue weighted by molar-refractivity contribution is 0.414. The number of hydrogen-bond acceptors (Lipinski definition) is 8. The van der Waals surface area contributed by atoms with E-state index in [1.165, 1.54) is 112 Å². The van der Waals surface area contributed by atoms with Gasteiger partial charge in [-0.1, -0.05) is 339 Å². The van der Waals surface area contributed by atoms with Crippen molar-refractivity contribution >= 4 is 102 Å². The van der Waals surface area contributed by atoms with E-state index in [-0.39, 0.29) is 0 Å². The first-order valence-corrected chi connectivity index (χ1v) is 49.5. The van der Waals surface area contributed by atoms with Crippen LogP contribution >= 0.6 is 0 Å². The zero-order valence-corrected chi connectivity index (χ0v) is 82.7. The number of nitrogens with zero attached hydrogens (tertiary/aromatic N) is 6. The molecule has 0 saturated heterocycles. The molecule has 0 aliphatic rings. The number of benzene rings is 21. The molecule has 21 aromatic carbocycles. The van der Waals surface area contributed by atoms with Gasteiger partial charge in [0, 0.05) is 102 Å². The normalized spacial score (nSPS) is 10.8. The lowest BCUT2D eigenvalue weighted by Crippen LogP contribution is -2.12. The summed E-state index contributed by atoms with van der Waals surface area (Å²) in [5.41, 5.74) is 42.4. The van der Waals surface area contributed by atoms with Crippen LogP contribution in [-0.2, 0) is 12.8 Å². The van der Waals surface area contributed by atoms with E-state index < -0.39 is 0 Å². The minimum absolute atomic E-state index is 0.837. The van der Waals surface area contributed by atoms with E-state index in [2.05, 4.69) is 568 Å². The second-order valence-corrected chi connectivity index (χ2v) is 36.1. The van der Waals surface area contributed by atoms with E-state index in [9.17, 15) is 0 Å². The van der Waals surface area contributed by atoms with Crippen molar-refractivity contribution in [1.29, 1.82) is 0 Å². The Hall–Kier alpha value is -18.0. The summed E-state index contributed by atoms with van der Waals surface area (Å²) in [7, 11) is 3.38. The van der Waals surface area contributed by atoms with Gasteiger partial charge < -0.3 is 38.9 Å². The highest BCUT2D eigenvalue weighted by atomic mass is 16.5. The number of rotatable bonds is 28. The van der Waals surface area contributed by atoms with Gasteiger partial charge in [-0.25, -0.2) is 0 Å². The molecule has 0 saturated carbocycles. The van der Waals surface area contributed by atoms with Crippen LogP contribution in [0.15, 0.2) is 534 Å². The summed E-state index contributed by atoms with van der Waals surface area (Å²) < 4.78 is 10.8. The van der Waals surface area contributed by atoms with Gasteiger partial charge in [-0.3, -0.25) is 0 Å². The summed E-state index contributed by atoms with van der Waals surface area (Å²) >= 11 is 0. The van der Waals surface area contributed by atoms with Gasteiger partial charge in [-0.05, 0) is 349 Å². The molecule has 0 aliphatic carbocycles. The molecule has 0 fully saturated rings. The molecule has 0 N–H and O–H groups in total. The molecule has 0 spiro atoms. The fourth-order valence-electron chi connectivity index (χ4n) is 18.6. The molecule has 0 unspecified atom stereocenters. The van der Waals surface area contributed by atoms with Gasteiger partial charge in [0.2, 0.25) is 0 Å². The first-order chi connectivity index (χ1) is 70.8. The number of methoxy groups -OCH3 is 2. The van der Waals surface area contributed by atoms with Crippen LogP contribution in [0, 0.1) is 27.7 Å². The average molecular weight is 1870 g/mol. The first-order valence-electron chi connectivity index (χ1n) is 49.5. The summed E-state index contributed by atoms with van der Waals surface area (Å²) in [6, 6.07) is 190. The maximum Gasteiger partial charge on any atom is 0.119 e. The fourth-order valence-corrected chi connectivity index (χ4v) is 18.6. The standard InChI is InChI=1S/C48H44N2.C44H36N2O2.C44H36N2/c1-5-37-11-7-9-13-47(37)49(43-27-15-35(3)16-28-43)45-31-23-41(24-32-45)39-19-21-40(22-20-39)42-25-33-46(34-26-42)50(44-29-17-36(4)18-30-44)48-14-10-8-12-38(48)6-2;1-47-43-29-25-41(26-30-43)45(37-9-5-3-6-10-37)39-21-17-35(18-22-39)33-13-15-34(16-14-33)36-19-23-40(24-20-36)46(38-11-7-4-8-12-38)42-27-31-44(48-2)32-28-42;1-33-13-25-41(26-14-33)45(39-9-5-3-6-10-39)43-29-21-37(22-30-43)35-17-19-36(20-18-35)38-23-31-44(32-24-38)46(40-11-7-4-8-12-40)42-27-15-34(2)16-28-42/h7-34H,5-6H2,1-4H3;3-32H,1-2H3;3-32H,1-2H3. The van der Waals surface area contributed by atoms with Crippen molar-refractivity contribution in [3.8, 4) is 78.3 Å². The van der Waals surface area contributed by atoms with Crippen LogP contribution in [0.25, 0.3) is 66.8 Å². The second kappa shape index (κ2) is 45.3. The maximum absolute atomic E-state index is 5.39. The van der Waals surface area contributed by atoms with Gasteiger partial charge in [-0.15, -0.1) is 0 Å². The van der Waals surface area contributed by atoms with Crippen LogP contribution in [-0.4, -0.2) is 14.2 Å². The summed E-state index contributed by atoms with van der Waals surface area (Å²) in [6.07, 6.45) is 1.95. The van der Waals surface area contributed by atoms with Crippen molar-refractivity contribution in [2.45, 2.75) is 54.4 Å². The Labute approximate surface area is 849 Å². The Bertz CT molecular complexity index is 7220. The first kappa shape index (κ1) is 95.0. The van der Waals surface area contributed by atoms with Gasteiger partial charge in [0.25, 0.3) is 0 Å². The maximum atomic E-state index is 5.39. The topological polar surface area (TPSA) is 37.9 Å². The van der Waals surface area contributed by atoms with Gasteiger partial charge in [-0.2, -0.15) is 0 Å². The van der Waals surface area contributed by atoms with Crippen LogP contribution < -0.4 is 38.9 Å². The number of anilines is 18. The van der Waals surface area contributed by atoms with E-state index >= 15 is 0 Å². The summed E-state index contributed by atoms with van der Waals surface area (Å²) in [5, 5.41) is 0. The molecule has 8 nitrogen and oxygen atoms in total. The fraction of sp³-hybridized carbons (Fsp3) is 0.0735. The molecule has 702 valence electrons. The van der Waals surface area contributed by atoms with Crippen LogP contribution in [0.4, 0.5) is 102 Å². The highest BCUT2D eigenvalue weighted by Gasteiger charge is 2.23. The van der Waals surface area contributed by atoms with Crippen LogP contribution in [0.2, 0.25) is 0 Å². The molecule has 0 amide bonds. The van der Waals surface area contributed by atoms with Gasteiger partial charge >= 0.3 is 0 Å². The van der Waals surface area contributed by atoms with Crippen LogP contribution in [0.5, 0.6) is 11.5 Å². The molecule has 0 bridgehead atoms. The van der Waals surface area contributed by atoms with Gasteiger partial charge in [0.1, 0.15) is 11.5 Å². The molecule has 0 aliphatic heterocycles. The number of aryl methyl sites for hydroxylation is 6. The predicted octanol–water partition coefficient (Wildman–Crippen LogP) is 38.3. The van der Waals surface area contributed by atoms with E-state index in [0.717, 1.165) is 115 Å². The Kier molecular flexibility index (Phi) is 29.9. The van der Waals surface area contributed by atoms with Gasteiger partial charge in [0.05, 0.1) is 14.2 Å². The highest BCUT2D eigenvalue weighted by molar-refractivity contribution is 5.88. The Morgan fingerprint density at radius 1 is 0.139 bits per heavy atom. The quantitative estimate of drug-likeness (QED) is 0.0480. The Morgan fingerprint density at radius 2 is 0.271 bits per heavy atom. The molecule has 144 heavy (non-hydrogen) atoms. The molecule has 21 rings (SSSR count). The smallest absolute Gasteiger partial charge is 0.119 e. The SMILES string of the molecule is CCc1ccccc1N(c1ccc(C)cc1)c1ccc(-c2ccc(-c3ccc(N(c4ccc(C)cc4)c4ccccc4CC)cc3)cc2)cc1.COc1ccc(N(c2ccccc2)c2ccc(-c3ccc(-c4ccc(N(c5ccccc5)c5ccc(OC)cc5)cc4)cc3)cc2)cc1.Cc1ccc(N(c2ccccc2)c2ccc(-c3ccc(-c4ccc(N(c5ccccc5)c5ccc(C)cc5)cc4)cc3)cc2)cc1. The van der Waals surface area contributed by atoms with Gasteiger partial charge in [0.15, 0.2) is 0 Å². The molecule has 0 heterocycles. The molecule has 21 aromatic rings. The largest absolute Gasteiger partial charge is 0.497 e. The third-order valence-electron chi connectivity index (χ3n) is 26.5. The Morgan fingerprint density at radius 3 is 0.438 bits per heavy atom. The monoisotopic (exact) mass is 1860 g/mol. The summed E-state index contributed by atoms with van der Waals surface area (Å²) in [6.45, 7) is 13.0. The van der Waals surface area contributed by atoms with Crippen LogP contribution in [0.1, 0.15) is 47.2 Å². The summed E-state index contributed by atoms with van der Waals surface area (Å²) in [4.78, 5) is 13.8. The number of hydrogen-bond donors (Lipinski definition) is 0. The van der Waals surface area contributed by atoms with E-state index in [0.29, 0.717) is 0 Å². The molecule has 8 heteroatoms. The third-order valence-corrected chi connectivity index (χ3v) is 26.5. The molecular weight excluding hydrogens is 1750 g/mol. The van der Waals surface area contributed by atoms with Crippen molar-refractivity contribution in [2.24, 2.45) is 0 Å². The molecular formula is C136H116N6O2. The van der Waals surface area contributed by atoms with Crippen molar-refractivity contribution < 1.29 is 9.47 Å². The van der Waals surface area contributed by atoms with E-state index in [1.807, 2.05) is 36.4 Å². The van der Waals surface area contributed by atoms with Crippen molar-refractivity contribution in [3.05, 3.63) is 567 Å². The second-order valence-electron chi connectivity index (χ2n) is 36.1. The van der Waals surface area contributed by atoms with Crippen molar-refractivity contribution in [2.75, 3.05) is 43.6 Å². The number of ether oxygens (including phenoxy) is 2. The zero-order chi connectivity index (χ0) is 98.5. The van der Waals surface area contributed by atoms with E-state index in [4.69, 9.17) is 9.47 Å². The molecule has 0 atom stereocenters. The zero-order valence-electron chi connectivity index (χ0n) is 82.7. The summed E-state index contributed by atoms with van der Waals surface area (Å²) in [5.74, 6) is 1.67. The lowest BCUT2D eigenvalue weighted by Gasteiger charge is -2.28. The van der Waals surface area contributed by atoms with E-state index in [1.54, 1.807) is 14.2 Å². The number of para-hydroxylation sites is 6. The van der Waals surface area contributed by atoms with Crippen molar-refractivity contribution in [1.82, 2.24) is 0 Å². The van der Waals surface area contributed by atoms with Crippen molar-refractivity contribution in [3.63, 3.8) is 0 Å². The Balaban J connectivity index is 0.000000137. The van der Waals surface area contributed by atoms with Crippen LogP contribution in [0.3, 0.4) is 0 Å². The minimum atomic E-state index is 0.837. The third kappa shape index (κ3) is 22.3. The average Bonchev–Trinajstić information content (AvgIpc) is 0.785. The molecule has 0 aromatic heterocycles.